The number of halogens is 1. The summed E-state index contributed by atoms with van der Waals surface area (Å²) in [4.78, 5) is 15.2. The molecule has 1 unspecified atom stereocenters. The van der Waals surface area contributed by atoms with Crippen LogP contribution in [0.4, 0.5) is 4.39 Å². The predicted molar refractivity (Wildman–Crippen MR) is 105 cm³/mol. The molecule has 2 aromatic rings. The lowest BCUT2D eigenvalue weighted by Gasteiger charge is -2.43. The van der Waals surface area contributed by atoms with Crippen molar-refractivity contribution >= 4 is 5.91 Å². The standard InChI is InChI=1S/C21H29FN4O/c1-15-8-7-11-25(13-15)21(3,4)14-23-20(27)17-12-24-26(16(17)2)19-10-6-5-9-18(19)22/h5-6,9-10,12,15H,7-8,11,13-14H2,1-4H3,(H,23,27). The number of benzene rings is 1. The summed E-state index contributed by atoms with van der Waals surface area (Å²) in [7, 11) is 0. The van der Waals surface area contributed by atoms with E-state index in [4.69, 9.17) is 0 Å². The second-order valence-electron chi connectivity index (χ2n) is 8.20. The molecule has 2 heterocycles. The van der Waals surface area contributed by atoms with E-state index in [1.165, 1.54) is 29.8 Å². The molecule has 27 heavy (non-hydrogen) atoms. The zero-order valence-corrected chi connectivity index (χ0v) is 16.6. The first-order valence-corrected chi connectivity index (χ1v) is 9.62. The quantitative estimate of drug-likeness (QED) is 0.873. The fraction of sp³-hybridized carbons (Fsp3) is 0.524. The molecule has 1 N–H and O–H groups in total. The first kappa shape index (κ1) is 19.5. The smallest absolute Gasteiger partial charge is 0.254 e. The lowest BCUT2D eigenvalue weighted by atomic mass is 9.93. The average molecular weight is 372 g/mol. The Morgan fingerprint density at radius 3 is 2.81 bits per heavy atom. The van der Waals surface area contributed by atoms with Crippen molar-refractivity contribution in [1.29, 1.82) is 0 Å². The summed E-state index contributed by atoms with van der Waals surface area (Å²) in [5, 5.41) is 7.26. The summed E-state index contributed by atoms with van der Waals surface area (Å²) >= 11 is 0. The molecular weight excluding hydrogens is 343 g/mol. The molecule has 1 saturated heterocycles. The van der Waals surface area contributed by atoms with Gasteiger partial charge in [0.1, 0.15) is 11.5 Å². The third-order valence-electron chi connectivity index (χ3n) is 5.53. The van der Waals surface area contributed by atoms with Crippen LogP contribution in [-0.2, 0) is 0 Å². The van der Waals surface area contributed by atoms with Crippen molar-refractivity contribution in [1.82, 2.24) is 20.0 Å². The topological polar surface area (TPSA) is 50.2 Å². The molecule has 1 aliphatic rings. The molecule has 1 fully saturated rings. The number of piperidine rings is 1. The fourth-order valence-electron chi connectivity index (χ4n) is 3.74. The highest BCUT2D eigenvalue weighted by Gasteiger charge is 2.30. The Hall–Kier alpha value is -2.21. The van der Waals surface area contributed by atoms with Gasteiger partial charge in [0, 0.05) is 18.6 Å². The zero-order valence-electron chi connectivity index (χ0n) is 16.6. The number of hydrogen-bond donors (Lipinski definition) is 1. The van der Waals surface area contributed by atoms with Gasteiger partial charge >= 0.3 is 0 Å². The second kappa shape index (κ2) is 7.80. The minimum Gasteiger partial charge on any atom is -0.350 e. The first-order chi connectivity index (χ1) is 12.8. The van der Waals surface area contributed by atoms with Crippen molar-refractivity contribution < 1.29 is 9.18 Å². The molecule has 0 saturated carbocycles. The Morgan fingerprint density at radius 1 is 1.37 bits per heavy atom. The maximum atomic E-state index is 14.0. The van der Waals surface area contributed by atoms with E-state index in [0.717, 1.165) is 13.1 Å². The lowest BCUT2D eigenvalue weighted by Crippen LogP contribution is -2.54. The minimum absolute atomic E-state index is 0.111. The van der Waals surface area contributed by atoms with E-state index in [1.807, 2.05) is 0 Å². The molecule has 0 spiro atoms. The van der Waals surface area contributed by atoms with Crippen LogP contribution in [-0.4, -0.2) is 45.8 Å². The largest absolute Gasteiger partial charge is 0.350 e. The minimum atomic E-state index is -0.365. The molecule has 1 atom stereocenters. The van der Waals surface area contributed by atoms with Crippen molar-refractivity contribution in [3.63, 3.8) is 0 Å². The number of hydrogen-bond acceptors (Lipinski definition) is 3. The van der Waals surface area contributed by atoms with Gasteiger partial charge in [0.05, 0.1) is 17.5 Å². The van der Waals surface area contributed by atoms with Gasteiger partial charge in [0.2, 0.25) is 0 Å². The third kappa shape index (κ3) is 4.21. The Bertz CT molecular complexity index is 814. The SMILES string of the molecule is Cc1c(C(=O)NCC(C)(C)N2CCCC(C)C2)cnn1-c1ccccc1F. The Morgan fingerprint density at radius 2 is 2.11 bits per heavy atom. The molecule has 5 nitrogen and oxygen atoms in total. The molecular formula is C21H29FN4O. The van der Waals surface area contributed by atoms with E-state index in [2.05, 4.69) is 36.1 Å². The van der Waals surface area contributed by atoms with Gasteiger partial charge in [-0.15, -0.1) is 0 Å². The normalized spacial score (nSPS) is 18.5. The molecule has 0 aliphatic carbocycles. The van der Waals surface area contributed by atoms with E-state index >= 15 is 0 Å². The third-order valence-corrected chi connectivity index (χ3v) is 5.53. The zero-order chi connectivity index (χ0) is 19.6. The number of carbonyl (C=O) groups is 1. The molecule has 6 heteroatoms. The number of para-hydroxylation sites is 1. The number of nitrogens with zero attached hydrogens (tertiary/aromatic N) is 3. The summed E-state index contributed by atoms with van der Waals surface area (Å²) < 4.78 is 15.5. The van der Waals surface area contributed by atoms with E-state index in [9.17, 15) is 9.18 Å². The summed E-state index contributed by atoms with van der Waals surface area (Å²) in [6, 6.07) is 6.42. The number of aromatic nitrogens is 2. The number of amides is 1. The molecule has 0 bridgehead atoms. The van der Waals surface area contributed by atoms with Crippen LogP contribution in [0, 0.1) is 18.7 Å². The van der Waals surface area contributed by atoms with E-state index < -0.39 is 0 Å². The Kier molecular flexibility index (Phi) is 5.65. The fourth-order valence-corrected chi connectivity index (χ4v) is 3.74. The number of nitrogens with one attached hydrogen (secondary N) is 1. The first-order valence-electron chi connectivity index (χ1n) is 9.62. The highest BCUT2D eigenvalue weighted by Crippen LogP contribution is 2.23. The van der Waals surface area contributed by atoms with Crippen LogP contribution in [0.2, 0.25) is 0 Å². The van der Waals surface area contributed by atoms with E-state index in [1.54, 1.807) is 25.1 Å². The highest BCUT2D eigenvalue weighted by atomic mass is 19.1. The van der Waals surface area contributed by atoms with Crippen molar-refractivity contribution in [3.05, 3.63) is 47.5 Å². The molecule has 1 aromatic heterocycles. The van der Waals surface area contributed by atoms with Crippen LogP contribution in [0.25, 0.3) is 5.69 Å². The summed E-state index contributed by atoms with van der Waals surface area (Å²) in [6.45, 7) is 11.1. The van der Waals surface area contributed by atoms with Crippen LogP contribution in [0.15, 0.2) is 30.5 Å². The van der Waals surface area contributed by atoms with Crippen LogP contribution in [0.1, 0.15) is 49.7 Å². The Balaban J connectivity index is 1.69. The van der Waals surface area contributed by atoms with Crippen molar-refractivity contribution in [2.45, 2.75) is 46.1 Å². The van der Waals surface area contributed by atoms with Gasteiger partial charge in [-0.3, -0.25) is 9.69 Å². The summed E-state index contributed by atoms with van der Waals surface area (Å²) in [5.74, 6) is 0.152. The lowest BCUT2D eigenvalue weighted by molar-refractivity contribution is 0.0657. The van der Waals surface area contributed by atoms with Crippen LogP contribution >= 0.6 is 0 Å². The summed E-state index contributed by atoms with van der Waals surface area (Å²) in [5.41, 5.74) is 1.33. The predicted octanol–water partition coefficient (Wildman–Crippen LogP) is 3.56. The average Bonchev–Trinajstić information content (AvgIpc) is 3.01. The highest BCUT2D eigenvalue weighted by molar-refractivity contribution is 5.95. The van der Waals surface area contributed by atoms with Crippen LogP contribution in [0.5, 0.6) is 0 Å². The van der Waals surface area contributed by atoms with Crippen molar-refractivity contribution in [2.75, 3.05) is 19.6 Å². The molecule has 1 aromatic carbocycles. The Labute approximate surface area is 160 Å². The monoisotopic (exact) mass is 372 g/mol. The van der Waals surface area contributed by atoms with Crippen LogP contribution < -0.4 is 5.32 Å². The van der Waals surface area contributed by atoms with Crippen LogP contribution in [0.3, 0.4) is 0 Å². The van der Waals surface area contributed by atoms with E-state index in [-0.39, 0.29) is 17.3 Å². The maximum absolute atomic E-state index is 14.0. The van der Waals surface area contributed by atoms with Gasteiger partial charge in [0.15, 0.2) is 0 Å². The molecule has 1 amide bonds. The van der Waals surface area contributed by atoms with Crippen molar-refractivity contribution in [2.24, 2.45) is 5.92 Å². The number of likely N-dealkylation sites (tertiary alicyclic amines) is 1. The number of carbonyl (C=O) groups excluding carboxylic acids is 1. The maximum Gasteiger partial charge on any atom is 0.254 e. The van der Waals surface area contributed by atoms with Gasteiger partial charge in [-0.1, -0.05) is 19.1 Å². The van der Waals surface area contributed by atoms with Gasteiger partial charge in [-0.05, 0) is 58.2 Å². The van der Waals surface area contributed by atoms with Gasteiger partial charge in [-0.2, -0.15) is 5.10 Å². The number of rotatable bonds is 5. The molecule has 0 radical (unpaired) electrons. The van der Waals surface area contributed by atoms with Gasteiger partial charge in [0.25, 0.3) is 5.91 Å². The second-order valence-corrected chi connectivity index (χ2v) is 8.20. The van der Waals surface area contributed by atoms with Crippen molar-refractivity contribution in [3.8, 4) is 5.69 Å². The van der Waals surface area contributed by atoms with E-state index in [0.29, 0.717) is 29.4 Å². The molecule has 146 valence electrons. The molecule has 1 aliphatic heterocycles. The van der Waals surface area contributed by atoms with Gasteiger partial charge in [-0.25, -0.2) is 9.07 Å². The summed E-state index contributed by atoms with van der Waals surface area (Å²) in [6.07, 6.45) is 3.98. The molecule has 3 rings (SSSR count). The van der Waals surface area contributed by atoms with Gasteiger partial charge < -0.3 is 5.32 Å².